The molecule has 0 radical (unpaired) electrons. The highest BCUT2D eigenvalue weighted by atomic mass is 35.5. The van der Waals surface area contributed by atoms with Crippen molar-refractivity contribution in [3.8, 4) is 22.1 Å². The van der Waals surface area contributed by atoms with Gasteiger partial charge in [0.05, 0.1) is 22.3 Å². The lowest BCUT2D eigenvalue weighted by Crippen LogP contribution is -2.03. The lowest BCUT2D eigenvalue weighted by atomic mass is 10.1. The van der Waals surface area contributed by atoms with Gasteiger partial charge in [-0.3, -0.25) is 0 Å². The Labute approximate surface area is 224 Å². The number of nitrogens with one attached hydrogen (secondary N) is 1. The maximum absolute atomic E-state index is 6.56. The van der Waals surface area contributed by atoms with Gasteiger partial charge in [-0.2, -0.15) is 0 Å². The third-order valence-corrected chi connectivity index (χ3v) is 7.51. The van der Waals surface area contributed by atoms with E-state index in [1.165, 1.54) is 10.3 Å². The molecule has 1 heterocycles. The maximum Gasteiger partial charge on any atom is 0.180 e. The summed E-state index contributed by atoms with van der Waals surface area (Å²) >= 11 is 14.5. The van der Waals surface area contributed by atoms with Gasteiger partial charge in [-0.1, -0.05) is 47.5 Å². The summed E-state index contributed by atoms with van der Waals surface area (Å²) in [4.78, 5) is 4.77. The second-order valence-corrected chi connectivity index (χ2v) is 10.3. The van der Waals surface area contributed by atoms with Crippen molar-refractivity contribution in [3.05, 3.63) is 106 Å². The molecule has 5 rings (SSSR count). The standard InChI is InChI=1S/C29H24Cl2N2O2S/c1-18-7-12-25-27(13-18)36-29(33-25)20-8-10-22(11-9-20)32-16-19-14-24(31)28(26(15-19)34-2)35-17-21-5-3-4-6-23(21)30/h3-15,32H,16-17H2,1-2H3. The third kappa shape index (κ3) is 5.44. The van der Waals surface area contributed by atoms with Gasteiger partial charge in [0.25, 0.3) is 0 Å². The number of hydrogen-bond acceptors (Lipinski definition) is 5. The van der Waals surface area contributed by atoms with Crippen LogP contribution < -0.4 is 14.8 Å². The number of halogens is 2. The quantitative estimate of drug-likeness (QED) is 0.216. The van der Waals surface area contributed by atoms with E-state index in [0.717, 1.165) is 32.9 Å². The third-order valence-electron chi connectivity index (χ3n) is 5.79. The normalized spacial score (nSPS) is 11.0. The molecular formula is C29H24Cl2N2O2S. The molecule has 4 nitrogen and oxygen atoms in total. The molecule has 1 N–H and O–H groups in total. The number of hydrogen-bond donors (Lipinski definition) is 1. The van der Waals surface area contributed by atoms with E-state index in [1.54, 1.807) is 18.4 Å². The molecule has 0 fully saturated rings. The van der Waals surface area contributed by atoms with Gasteiger partial charge in [0, 0.05) is 28.4 Å². The number of anilines is 1. The number of rotatable bonds is 8. The summed E-state index contributed by atoms with van der Waals surface area (Å²) < 4.78 is 12.7. The summed E-state index contributed by atoms with van der Waals surface area (Å²) in [5, 5.41) is 5.60. The van der Waals surface area contributed by atoms with Gasteiger partial charge >= 0.3 is 0 Å². The Hall–Kier alpha value is -3.25. The second kappa shape index (κ2) is 10.8. The van der Waals surface area contributed by atoms with Crippen molar-refractivity contribution in [2.24, 2.45) is 0 Å². The molecule has 0 saturated carbocycles. The average Bonchev–Trinajstić information content (AvgIpc) is 3.31. The highest BCUT2D eigenvalue weighted by Gasteiger charge is 2.13. The van der Waals surface area contributed by atoms with Crippen LogP contribution in [0.2, 0.25) is 10.0 Å². The predicted octanol–water partition coefficient (Wildman–Crippen LogP) is 8.78. The fraction of sp³-hybridized carbons (Fsp3) is 0.138. The molecule has 7 heteroatoms. The van der Waals surface area contributed by atoms with Crippen LogP contribution in [0.1, 0.15) is 16.7 Å². The average molecular weight is 535 g/mol. The van der Waals surface area contributed by atoms with Crippen molar-refractivity contribution < 1.29 is 9.47 Å². The summed E-state index contributed by atoms with van der Waals surface area (Å²) in [6.07, 6.45) is 0. The molecule has 0 aliphatic heterocycles. The smallest absolute Gasteiger partial charge is 0.180 e. The first-order valence-electron chi connectivity index (χ1n) is 11.4. The van der Waals surface area contributed by atoms with Gasteiger partial charge < -0.3 is 14.8 Å². The zero-order chi connectivity index (χ0) is 25.1. The van der Waals surface area contributed by atoms with Crippen LogP contribution in [0.25, 0.3) is 20.8 Å². The highest BCUT2D eigenvalue weighted by molar-refractivity contribution is 7.21. The molecule has 4 aromatic carbocycles. The van der Waals surface area contributed by atoms with Crippen LogP contribution in [0.5, 0.6) is 11.5 Å². The van der Waals surface area contributed by atoms with Gasteiger partial charge in [-0.15, -0.1) is 11.3 Å². The van der Waals surface area contributed by atoms with Gasteiger partial charge in [0.1, 0.15) is 11.6 Å². The Balaban J connectivity index is 1.26. The van der Waals surface area contributed by atoms with Crippen LogP contribution in [0, 0.1) is 6.92 Å². The number of aryl methyl sites for hydroxylation is 1. The molecule has 0 unspecified atom stereocenters. The Morgan fingerprint density at radius 2 is 1.72 bits per heavy atom. The van der Waals surface area contributed by atoms with Gasteiger partial charge in [0.15, 0.2) is 11.5 Å². The number of benzene rings is 4. The van der Waals surface area contributed by atoms with Crippen molar-refractivity contribution in [3.63, 3.8) is 0 Å². The minimum Gasteiger partial charge on any atom is -0.493 e. The van der Waals surface area contributed by atoms with Crippen LogP contribution in [-0.2, 0) is 13.2 Å². The van der Waals surface area contributed by atoms with E-state index in [9.17, 15) is 0 Å². The van der Waals surface area contributed by atoms with E-state index in [-0.39, 0.29) is 0 Å². The van der Waals surface area contributed by atoms with Crippen molar-refractivity contribution in [1.82, 2.24) is 4.98 Å². The van der Waals surface area contributed by atoms with E-state index in [2.05, 4.69) is 54.7 Å². The van der Waals surface area contributed by atoms with Crippen molar-refractivity contribution in [2.75, 3.05) is 12.4 Å². The summed E-state index contributed by atoms with van der Waals surface area (Å²) in [5.74, 6) is 1.07. The lowest BCUT2D eigenvalue weighted by molar-refractivity contribution is 0.284. The molecule has 0 aliphatic rings. The molecule has 0 spiro atoms. The molecule has 0 bridgehead atoms. The van der Waals surface area contributed by atoms with Crippen molar-refractivity contribution in [1.29, 1.82) is 0 Å². The van der Waals surface area contributed by atoms with Gasteiger partial charge in [0.2, 0.25) is 0 Å². The molecular weight excluding hydrogens is 511 g/mol. The van der Waals surface area contributed by atoms with E-state index < -0.39 is 0 Å². The number of aromatic nitrogens is 1. The molecule has 5 aromatic rings. The lowest BCUT2D eigenvalue weighted by Gasteiger charge is -2.15. The monoisotopic (exact) mass is 534 g/mol. The first-order chi connectivity index (χ1) is 17.5. The fourth-order valence-electron chi connectivity index (χ4n) is 3.87. The number of fused-ring (bicyclic) bond motifs is 1. The Morgan fingerprint density at radius 3 is 2.50 bits per heavy atom. The van der Waals surface area contributed by atoms with Crippen LogP contribution in [-0.4, -0.2) is 12.1 Å². The van der Waals surface area contributed by atoms with Crippen molar-refractivity contribution >= 4 is 50.4 Å². The molecule has 0 atom stereocenters. The number of nitrogens with zero attached hydrogens (tertiary/aromatic N) is 1. The van der Waals surface area contributed by atoms with Gasteiger partial charge in [-0.05, 0) is 72.6 Å². The van der Waals surface area contributed by atoms with E-state index >= 15 is 0 Å². The Morgan fingerprint density at radius 1 is 0.917 bits per heavy atom. The van der Waals surface area contributed by atoms with E-state index in [1.807, 2.05) is 36.4 Å². The van der Waals surface area contributed by atoms with Crippen LogP contribution >= 0.6 is 34.5 Å². The molecule has 182 valence electrons. The Kier molecular flexibility index (Phi) is 7.33. The summed E-state index contributed by atoms with van der Waals surface area (Å²) in [6, 6.07) is 26.0. The topological polar surface area (TPSA) is 43.4 Å². The SMILES string of the molecule is COc1cc(CNc2ccc(-c3nc4ccc(C)cc4s3)cc2)cc(Cl)c1OCc1ccccc1Cl. The predicted molar refractivity (Wildman–Crippen MR) is 151 cm³/mol. The highest BCUT2D eigenvalue weighted by Crippen LogP contribution is 2.38. The Bertz CT molecular complexity index is 1520. The number of thiazole rings is 1. The minimum absolute atomic E-state index is 0.300. The molecule has 36 heavy (non-hydrogen) atoms. The van der Waals surface area contributed by atoms with Crippen LogP contribution in [0.15, 0.2) is 78.9 Å². The maximum atomic E-state index is 6.56. The van der Waals surface area contributed by atoms with Crippen LogP contribution in [0.4, 0.5) is 5.69 Å². The molecule has 1 aromatic heterocycles. The molecule has 0 amide bonds. The second-order valence-electron chi connectivity index (χ2n) is 8.41. The van der Waals surface area contributed by atoms with Crippen LogP contribution in [0.3, 0.4) is 0 Å². The summed E-state index contributed by atoms with van der Waals surface area (Å²) in [7, 11) is 1.60. The van der Waals surface area contributed by atoms with Gasteiger partial charge in [-0.25, -0.2) is 4.98 Å². The van der Waals surface area contributed by atoms with E-state index in [0.29, 0.717) is 34.7 Å². The largest absolute Gasteiger partial charge is 0.493 e. The molecule has 0 saturated heterocycles. The zero-order valence-corrected chi connectivity index (χ0v) is 22.2. The minimum atomic E-state index is 0.300. The number of ether oxygens (including phenoxy) is 2. The first-order valence-corrected chi connectivity index (χ1v) is 13.0. The summed E-state index contributed by atoms with van der Waals surface area (Å²) in [6.45, 7) is 2.98. The van der Waals surface area contributed by atoms with Crippen molar-refractivity contribution in [2.45, 2.75) is 20.1 Å². The molecule has 0 aliphatic carbocycles. The zero-order valence-electron chi connectivity index (χ0n) is 19.8. The first kappa shape index (κ1) is 24.4. The fourth-order valence-corrected chi connectivity index (χ4v) is 5.42. The number of methoxy groups -OCH3 is 1. The van der Waals surface area contributed by atoms with E-state index in [4.69, 9.17) is 37.7 Å². The summed E-state index contributed by atoms with van der Waals surface area (Å²) in [5.41, 5.74) is 6.25.